The van der Waals surface area contributed by atoms with E-state index in [0.29, 0.717) is 6.54 Å². The van der Waals surface area contributed by atoms with Gasteiger partial charge in [-0.1, -0.05) is 6.07 Å². The molecule has 0 amide bonds. The minimum Gasteiger partial charge on any atom is -0.381 e. The van der Waals surface area contributed by atoms with Crippen LogP contribution in [0.4, 0.5) is 11.4 Å². The maximum atomic E-state index is 10.7. The second-order valence-electron chi connectivity index (χ2n) is 4.03. The summed E-state index contributed by atoms with van der Waals surface area (Å²) in [4.78, 5) is 14.4. The van der Waals surface area contributed by atoms with Gasteiger partial charge in [0.15, 0.2) is 0 Å². The fraction of sp³-hybridized carbons (Fsp3) is 0.154. The van der Waals surface area contributed by atoms with Crippen molar-refractivity contribution in [3.8, 4) is 0 Å². The zero-order valence-corrected chi connectivity index (χ0v) is 9.96. The highest BCUT2D eigenvalue weighted by atomic mass is 16.6. The molecule has 0 aliphatic carbocycles. The lowest BCUT2D eigenvalue weighted by Gasteiger charge is -2.07. The Morgan fingerprint density at radius 1 is 1.39 bits per heavy atom. The molecular weight excluding hydrogens is 230 g/mol. The van der Waals surface area contributed by atoms with E-state index >= 15 is 0 Å². The normalized spacial score (nSPS) is 10.1. The van der Waals surface area contributed by atoms with E-state index in [1.807, 2.05) is 25.1 Å². The summed E-state index contributed by atoms with van der Waals surface area (Å²) in [5, 5.41) is 13.9. The van der Waals surface area contributed by atoms with Gasteiger partial charge < -0.3 is 5.32 Å². The Morgan fingerprint density at radius 2 is 2.22 bits per heavy atom. The summed E-state index contributed by atoms with van der Waals surface area (Å²) in [6, 6.07) is 8.77. The number of nitrogens with zero attached hydrogens (tertiary/aromatic N) is 2. The van der Waals surface area contributed by atoms with Crippen molar-refractivity contribution >= 4 is 11.4 Å². The molecule has 0 atom stereocenters. The van der Waals surface area contributed by atoms with Crippen LogP contribution in [-0.4, -0.2) is 9.91 Å². The number of aryl methyl sites for hydroxylation is 1. The lowest BCUT2D eigenvalue weighted by molar-refractivity contribution is -0.384. The third-order valence-corrected chi connectivity index (χ3v) is 2.49. The summed E-state index contributed by atoms with van der Waals surface area (Å²) < 4.78 is 0. The second kappa shape index (κ2) is 5.27. The molecule has 92 valence electrons. The molecule has 5 heteroatoms. The fourth-order valence-electron chi connectivity index (χ4n) is 1.68. The predicted octanol–water partition coefficient (Wildman–Crippen LogP) is 2.91. The van der Waals surface area contributed by atoms with Crippen molar-refractivity contribution in [1.82, 2.24) is 4.98 Å². The van der Waals surface area contributed by atoms with Crippen LogP contribution in [0.3, 0.4) is 0 Å². The van der Waals surface area contributed by atoms with Crippen LogP contribution < -0.4 is 5.32 Å². The number of hydrogen-bond donors (Lipinski definition) is 1. The molecule has 0 saturated heterocycles. The van der Waals surface area contributed by atoms with Crippen LogP contribution in [0, 0.1) is 17.0 Å². The fourth-order valence-corrected chi connectivity index (χ4v) is 1.68. The van der Waals surface area contributed by atoms with Crippen molar-refractivity contribution in [3.05, 3.63) is 64.0 Å². The maximum absolute atomic E-state index is 10.7. The molecule has 0 spiro atoms. The molecule has 2 aromatic rings. The van der Waals surface area contributed by atoms with Crippen molar-refractivity contribution in [2.45, 2.75) is 13.5 Å². The van der Waals surface area contributed by atoms with E-state index in [0.717, 1.165) is 16.8 Å². The van der Waals surface area contributed by atoms with Crippen molar-refractivity contribution in [1.29, 1.82) is 0 Å². The molecule has 0 aliphatic heterocycles. The summed E-state index contributed by atoms with van der Waals surface area (Å²) in [5.41, 5.74) is 2.73. The first-order chi connectivity index (χ1) is 8.65. The number of hydrogen-bond acceptors (Lipinski definition) is 4. The highest BCUT2D eigenvalue weighted by Crippen LogP contribution is 2.20. The van der Waals surface area contributed by atoms with Crippen molar-refractivity contribution in [2.24, 2.45) is 0 Å². The van der Waals surface area contributed by atoms with E-state index in [2.05, 4.69) is 10.3 Å². The van der Waals surface area contributed by atoms with Crippen LogP contribution in [0.25, 0.3) is 0 Å². The minimum atomic E-state index is -0.387. The van der Waals surface area contributed by atoms with Gasteiger partial charge in [0.2, 0.25) is 0 Å². The molecule has 0 saturated carbocycles. The third-order valence-electron chi connectivity index (χ3n) is 2.49. The predicted molar refractivity (Wildman–Crippen MR) is 69.4 cm³/mol. The minimum absolute atomic E-state index is 0.101. The molecule has 0 fully saturated rings. The Kier molecular flexibility index (Phi) is 3.52. The van der Waals surface area contributed by atoms with Crippen LogP contribution in [-0.2, 0) is 6.54 Å². The largest absolute Gasteiger partial charge is 0.381 e. The number of nitro groups is 1. The Hall–Kier alpha value is -2.43. The first-order valence-corrected chi connectivity index (χ1v) is 5.54. The molecule has 0 aliphatic rings. The van der Waals surface area contributed by atoms with Gasteiger partial charge >= 0.3 is 0 Å². The average Bonchev–Trinajstić information content (AvgIpc) is 2.37. The van der Waals surface area contributed by atoms with Crippen molar-refractivity contribution < 1.29 is 4.92 Å². The number of nitro benzene ring substituents is 1. The first-order valence-electron chi connectivity index (χ1n) is 5.54. The number of nitrogens with one attached hydrogen (secondary N) is 1. The molecule has 1 aromatic heterocycles. The number of non-ortho nitro benzene ring substituents is 1. The van der Waals surface area contributed by atoms with Gasteiger partial charge in [0.25, 0.3) is 5.69 Å². The first kappa shape index (κ1) is 12.0. The summed E-state index contributed by atoms with van der Waals surface area (Å²) in [6.45, 7) is 2.43. The lowest BCUT2D eigenvalue weighted by atomic mass is 10.2. The summed E-state index contributed by atoms with van der Waals surface area (Å²) in [5.74, 6) is 0. The highest BCUT2D eigenvalue weighted by Gasteiger charge is 2.07. The van der Waals surface area contributed by atoms with E-state index in [1.54, 1.807) is 18.5 Å². The number of benzene rings is 1. The summed E-state index contributed by atoms with van der Waals surface area (Å²) in [6.07, 6.45) is 3.47. The highest BCUT2D eigenvalue weighted by molar-refractivity contribution is 5.53. The molecule has 0 unspecified atom stereocenters. The van der Waals surface area contributed by atoms with Gasteiger partial charge in [0.1, 0.15) is 0 Å². The molecule has 0 radical (unpaired) electrons. The molecule has 18 heavy (non-hydrogen) atoms. The molecule has 2 rings (SSSR count). The van der Waals surface area contributed by atoms with Crippen LogP contribution >= 0.6 is 0 Å². The summed E-state index contributed by atoms with van der Waals surface area (Å²) >= 11 is 0. The van der Waals surface area contributed by atoms with Gasteiger partial charge in [0, 0.05) is 36.8 Å². The molecule has 1 N–H and O–H groups in total. The van der Waals surface area contributed by atoms with Crippen LogP contribution in [0.15, 0.2) is 42.7 Å². The van der Waals surface area contributed by atoms with Crippen LogP contribution in [0.5, 0.6) is 0 Å². The van der Waals surface area contributed by atoms with E-state index in [1.165, 1.54) is 6.07 Å². The molecule has 1 aromatic carbocycles. The van der Waals surface area contributed by atoms with Crippen LogP contribution in [0.1, 0.15) is 11.1 Å². The average molecular weight is 243 g/mol. The van der Waals surface area contributed by atoms with Gasteiger partial charge in [-0.05, 0) is 30.2 Å². The zero-order valence-electron chi connectivity index (χ0n) is 9.96. The third kappa shape index (κ3) is 3.04. The molecule has 0 bridgehead atoms. The number of rotatable bonds is 4. The molecule has 1 heterocycles. The second-order valence-corrected chi connectivity index (χ2v) is 4.03. The van der Waals surface area contributed by atoms with Crippen molar-refractivity contribution in [3.63, 3.8) is 0 Å². The number of anilines is 1. The molecular formula is C13H13N3O2. The Balaban J connectivity index is 2.12. The summed E-state index contributed by atoms with van der Waals surface area (Å²) in [7, 11) is 0. The zero-order chi connectivity index (χ0) is 13.0. The Bertz CT molecular complexity index is 555. The Morgan fingerprint density at radius 3 is 2.89 bits per heavy atom. The topological polar surface area (TPSA) is 68.1 Å². The standard InChI is InChI=1S/C13H13N3O2/c1-10-5-12(7-13(6-10)16(17)18)15-9-11-3-2-4-14-8-11/h2-8,15H,9H2,1H3. The number of aromatic nitrogens is 1. The number of pyridine rings is 1. The van der Waals surface area contributed by atoms with E-state index in [-0.39, 0.29) is 10.6 Å². The van der Waals surface area contributed by atoms with Gasteiger partial charge in [-0.2, -0.15) is 0 Å². The smallest absolute Gasteiger partial charge is 0.271 e. The van der Waals surface area contributed by atoms with Gasteiger partial charge in [-0.3, -0.25) is 15.1 Å². The maximum Gasteiger partial charge on any atom is 0.271 e. The van der Waals surface area contributed by atoms with Crippen LogP contribution in [0.2, 0.25) is 0 Å². The van der Waals surface area contributed by atoms with E-state index in [4.69, 9.17) is 0 Å². The molecule has 5 nitrogen and oxygen atoms in total. The van der Waals surface area contributed by atoms with Gasteiger partial charge in [0.05, 0.1) is 4.92 Å². The van der Waals surface area contributed by atoms with E-state index in [9.17, 15) is 10.1 Å². The van der Waals surface area contributed by atoms with E-state index < -0.39 is 0 Å². The van der Waals surface area contributed by atoms with Crippen molar-refractivity contribution in [2.75, 3.05) is 5.32 Å². The SMILES string of the molecule is Cc1cc(NCc2cccnc2)cc([N+](=O)[O-])c1. The van der Waals surface area contributed by atoms with Gasteiger partial charge in [-0.15, -0.1) is 0 Å². The lowest BCUT2D eigenvalue weighted by Crippen LogP contribution is -2.00. The monoisotopic (exact) mass is 243 g/mol. The Labute approximate surface area is 105 Å². The quantitative estimate of drug-likeness (QED) is 0.662. The van der Waals surface area contributed by atoms with Gasteiger partial charge in [-0.25, -0.2) is 0 Å².